The SMILES string of the molecule is O=[N+]([O-])c1ccc(-n2ncc3c(Br)cccc32)cc1. The van der Waals surface area contributed by atoms with E-state index in [9.17, 15) is 10.1 Å². The third-order valence-corrected chi connectivity index (χ3v) is 3.56. The highest BCUT2D eigenvalue weighted by molar-refractivity contribution is 9.10. The molecule has 0 bridgehead atoms. The van der Waals surface area contributed by atoms with Crippen molar-refractivity contribution in [2.75, 3.05) is 0 Å². The standard InChI is InChI=1S/C13H8BrN3O2/c14-12-2-1-3-13-11(12)8-15-16(13)9-4-6-10(7-5-9)17(18)19/h1-8H. The Balaban J connectivity index is 2.14. The number of nitro benzene ring substituents is 1. The van der Waals surface area contributed by atoms with Crippen LogP contribution in [0.5, 0.6) is 0 Å². The van der Waals surface area contributed by atoms with Crippen molar-refractivity contribution in [3.8, 4) is 5.69 Å². The van der Waals surface area contributed by atoms with Gasteiger partial charge in [0, 0.05) is 22.0 Å². The molecule has 94 valence electrons. The van der Waals surface area contributed by atoms with Gasteiger partial charge in [-0.3, -0.25) is 10.1 Å². The van der Waals surface area contributed by atoms with Crippen molar-refractivity contribution in [2.24, 2.45) is 0 Å². The lowest BCUT2D eigenvalue weighted by Crippen LogP contribution is -1.96. The van der Waals surface area contributed by atoms with E-state index >= 15 is 0 Å². The van der Waals surface area contributed by atoms with Crippen molar-refractivity contribution in [3.05, 3.63) is 63.2 Å². The first-order valence-corrected chi connectivity index (χ1v) is 6.33. The Morgan fingerprint density at radius 2 is 1.89 bits per heavy atom. The largest absolute Gasteiger partial charge is 0.269 e. The molecule has 6 heteroatoms. The molecule has 0 aliphatic rings. The van der Waals surface area contributed by atoms with Gasteiger partial charge in [0.05, 0.1) is 22.3 Å². The highest BCUT2D eigenvalue weighted by atomic mass is 79.9. The molecule has 0 N–H and O–H groups in total. The molecule has 0 fully saturated rings. The Hall–Kier alpha value is -2.21. The summed E-state index contributed by atoms with van der Waals surface area (Å²) in [5.74, 6) is 0. The second kappa shape index (κ2) is 4.47. The van der Waals surface area contributed by atoms with Crippen LogP contribution in [0.1, 0.15) is 0 Å². The number of hydrogen-bond acceptors (Lipinski definition) is 3. The van der Waals surface area contributed by atoms with E-state index < -0.39 is 4.92 Å². The van der Waals surface area contributed by atoms with Crippen LogP contribution < -0.4 is 0 Å². The van der Waals surface area contributed by atoms with Crippen LogP contribution in [0.3, 0.4) is 0 Å². The summed E-state index contributed by atoms with van der Waals surface area (Å²) < 4.78 is 2.72. The van der Waals surface area contributed by atoms with Gasteiger partial charge in [-0.25, -0.2) is 4.68 Å². The number of fused-ring (bicyclic) bond motifs is 1. The summed E-state index contributed by atoms with van der Waals surface area (Å²) in [5.41, 5.74) is 1.81. The molecule has 1 heterocycles. The molecular weight excluding hydrogens is 310 g/mol. The third kappa shape index (κ3) is 2.00. The van der Waals surface area contributed by atoms with Crippen molar-refractivity contribution in [1.29, 1.82) is 0 Å². The van der Waals surface area contributed by atoms with Gasteiger partial charge >= 0.3 is 0 Å². The Morgan fingerprint density at radius 3 is 2.58 bits per heavy atom. The second-order valence-corrected chi connectivity index (χ2v) is 4.86. The molecule has 0 unspecified atom stereocenters. The number of halogens is 1. The monoisotopic (exact) mass is 317 g/mol. The third-order valence-electron chi connectivity index (χ3n) is 2.87. The van der Waals surface area contributed by atoms with Gasteiger partial charge in [-0.1, -0.05) is 22.0 Å². The molecule has 0 saturated heterocycles. The maximum atomic E-state index is 10.6. The lowest BCUT2D eigenvalue weighted by molar-refractivity contribution is -0.384. The first kappa shape index (κ1) is 11.9. The molecular formula is C13H8BrN3O2. The molecule has 5 nitrogen and oxygen atoms in total. The van der Waals surface area contributed by atoms with Crippen molar-refractivity contribution in [1.82, 2.24) is 9.78 Å². The number of hydrogen-bond donors (Lipinski definition) is 0. The summed E-state index contributed by atoms with van der Waals surface area (Å²) in [6.45, 7) is 0. The smallest absolute Gasteiger partial charge is 0.258 e. The van der Waals surface area contributed by atoms with Crippen LogP contribution in [0, 0.1) is 10.1 Å². The number of benzene rings is 2. The lowest BCUT2D eigenvalue weighted by Gasteiger charge is -2.03. The van der Waals surface area contributed by atoms with E-state index in [0.717, 1.165) is 21.1 Å². The van der Waals surface area contributed by atoms with Crippen molar-refractivity contribution >= 4 is 32.5 Å². The van der Waals surface area contributed by atoms with Gasteiger partial charge in [0.15, 0.2) is 0 Å². The average molecular weight is 318 g/mol. The van der Waals surface area contributed by atoms with Gasteiger partial charge < -0.3 is 0 Å². The van der Waals surface area contributed by atoms with Crippen LogP contribution in [0.25, 0.3) is 16.6 Å². The average Bonchev–Trinajstić information content (AvgIpc) is 2.84. The second-order valence-electron chi connectivity index (χ2n) is 4.00. The zero-order valence-corrected chi connectivity index (χ0v) is 11.2. The van der Waals surface area contributed by atoms with Gasteiger partial charge in [-0.15, -0.1) is 0 Å². The number of non-ortho nitro benzene ring substituents is 1. The van der Waals surface area contributed by atoms with Gasteiger partial charge in [0.1, 0.15) is 0 Å². The van der Waals surface area contributed by atoms with Crippen LogP contribution >= 0.6 is 15.9 Å². The highest BCUT2D eigenvalue weighted by Gasteiger charge is 2.09. The molecule has 0 atom stereocenters. The van der Waals surface area contributed by atoms with Gasteiger partial charge in [-0.2, -0.15) is 5.10 Å². The molecule has 0 aliphatic heterocycles. The molecule has 1 aromatic heterocycles. The van der Waals surface area contributed by atoms with Gasteiger partial charge in [0.2, 0.25) is 0 Å². The maximum Gasteiger partial charge on any atom is 0.269 e. The zero-order valence-electron chi connectivity index (χ0n) is 9.65. The molecule has 0 aliphatic carbocycles. The minimum atomic E-state index is -0.415. The first-order valence-electron chi connectivity index (χ1n) is 5.54. The molecule has 19 heavy (non-hydrogen) atoms. The minimum Gasteiger partial charge on any atom is -0.258 e. The topological polar surface area (TPSA) is 61.0 Å². The number of nitro groups is 1. The molecule has 0 spiro atoms. The van der Waals surface area contributed by atoms with E-state index in [4.69, 9.17) is 0 Å². The fourth-order valence-corrected chi connectivity index (χ4v) is 2.40. The Morgan fingerprint density at radius 1 is 1.16 bits per heavy atom. The summed E-state index contributed by atoms with van der Waals surface area (Å²) in [7, 11) is 0. The van der Waals surface area contributed by atoms with Crippen molar-refractivity contribution in [2.45, 2.75) is 0 Å². The molecule has 0 saturated carbocycles. The van der Waals surface area contributed by atoms with E-state index in [2.05, 4.69) is 21.0 Å². The molecule has 3 rings (SSSR count). The van der Waals surface area contributed by atoms with Crippen LogP contribution in [-0.4, -0.2) is 14.7 Å². The molecule has 2 aromatic carbocycles. The first-order chi connectivity index (χ1) is 9.16. The predicted octanol–water partition coefficient (Wildman–Crippen LogP) is 3.70. The molecule has 0 radical (unpaired) electrons. The van der Waals surface area contributed by atoms with E-state index in [1.54, 1.807) is 23.0 Å². The highest BCUT2D eigenvalue weighted by Crippen LogP contribution is 2.26. The van der Waals surface area contributed by atoms with Crippen LogP contribution in [0.4, 0.5) is 5.69 Å². The van der Waals surface area contributed by atoms with E-state index in [1.165, 1.54) is 12.1 Å². The van der Waals surface area contributed by atoms with Crippen LogP contribution in [0.2, 0.25) is 0 Å². The normalized spacial score (nSPS) is 10.8. The fraction of sp³-hybridized carbons (Fsp3) is 0. The summed E-state index contributed by atoms with van der Waals surface area (Å²) in [5, 5.41) is 16.0. The summed E-state index contributed by atoms with van der Waals surface area (Å²) >= 11 is 3.47. The van der Waals surface area contributed by atoms with Gasteiger partial charge in [0.25, 0.3) is 5.69 Å². The quantitative estimate of drug-likeness (QED) is 0.535. The van der Waals surface area contributed by atoms with E-state index in [1.807, 2.05) is 18.2 Å². The summed E-state index contributed by atoms with van der Waals surface area (Å²) in [4.78, 5) is 10.2. The van der Waals surface area contributed by atoms with Crippen LogP contribution in [-0.2, 0) is 0 Å². The lowest BCUT2D eigenvalue weighted by atomic mass is 10.2. The summed E-state index contributed by atoms with van der Waals surface area (Å²) in [6, 6.07) is 12.1. The van der Waals surface area contributed by atoms with E-state index in [-0.39, 0.29) is 5.69 Å². The van der Waals surface area contributed by atoms with Gasteiger partial charge in [-0.05, 0) is 24.3 Å². The van der Waals surface area contributed by atoms with E-state index in [0.29, 0.717) is 0 Å². The van der Waals surface area contributed by atoms with Crippen molar-refractivity contribution in [3.63, 3.8) is 0 Å². The number of aromatic nitrogens is 2. The van der Waals surface area contributed by atoms with Crippen molar-refractivity contribution < 1.29 is 4.92 Å². The number of nitrogens with zero attached hydrogens (tertiary/aromatic N) is 3. The zero-order chi connectivity index (χ0) is 13.4. The maximum absolute atomic E-state index is 10.6. The summed E-state index contributed by atoms with van der Waals surface area (Å²) in [6.07, 6.45) is 1.76. The predicted molar refractivity (Wildman–Crippen MR) is 75.4 cm³/mol. The van der Waals surface area contributed by atoms with Crippen LogP contribution in [0.15, 0.2) is 53.1 Å². The molecule has 0 amide bonds. The Labute approximate surface area is 116 Å². The minimum absolute atomic E-state index is 0.0707. The Bertz CT molecular complexity index is 765. The fourth-order valence-electron chi connectivity index (χ4n) is 1.94. The Kier molecular flexibility index (Phi) is 2.79. The number of rotatable bonds is 2. The molecule has 3 aromatic rings.